The van der Waals surface area contributed by atoms with E-state index in [9.17, 15) is 9.90 Å². The molecule has 1 fully saturated rings. The van der Waals surface area contributed by atoms with Gasteiger partial charge in [0.2, 0.25) is 6.23 Å². The van der Waals surface area contributed by atoms with Crippen LogP contribution in [0.25, 0.3) is 0 Å². The third kappa shape index (κ3) is 3.00. The Kier molecular flexibility index (Phi) is 4.19. The number of carbonyl (C=O) groups excluding carboxylic acids is 1. The smallest absolute Gasteiger partial charge is 0.430 e. The molecule has 0 saturated carbocycles. The van der Waals surface area contributed by atoms with E-state index in [1.165, 1.54) is 29.2 Å². The predicted octanol–water partition coefficient (Wildman–Crippen LogP) is 4.85. The summed E-state index contributed by atoms with van der Waals surface area (Å²) < 4.78 is 5.37. The Balaban J connectivity index is 2.11. The Hall–Kier alpha value is -1.82. The Labute approximate surface area is 147 Å². The van der Waals surface area contributed by atoms with Crippen LogP contribution < -0.4 is 5.01 Å². The van der Waals surface area contributed by atoms with Gasteiger partial charge in [-0.25, -0.2) is 14.8 Å². The molecule has 2 aromatic carbocycles. The maximum absolute atomic E-state index is 12.0. The fourth-order valence-corrected chi connectivity index (χ4v) is 3.07. The number of hydrogen-bond acceptors (Lipinski definition) is 4. The number of aromatic hydroxyl groups is 1. The largest absolute Gasteiger partial charge is 0.506 e. The number of anilines is 1. The molecule has 0 radical (unpaired) electrons. The van der Waals surface area contributed by atoms with Gasteiger partial charge in [-0.3, -0.25) is 0 Å². The monoisotopic (exact) mass is 372 g/mol. The van der Waals surface area contributed by atoms with E-state index in [4.69, 9.17) is 39.5 Å². The van der Waals surface area contributed by atoms with Crippen molar-refractivity contribution in [3.05, 3.63) is 57.0 Å². The van der Waals surface area contributed by atoms with Crippen LogP contribution in [0.4, 0.5) is 10.5 Å². The Morgan fingerprint density at radius 3 is 2.35 bits per heavy atom. The minimum absolute atomic E-state index is 0.0438. The van der Waals surface area contributed by atoms with Gasteiger partial charge in [0.25, 0.3) is 0 Å². The molecule has 1 N–H and O–H groups in total. The maximum atomic E-state index is 12.0. The molecular weight excluding hydrogens is 363 g/mol. The number of nitrogens with zero attached hydrogens (tertiary/aromatic N) is 2. The minimum Gasteiger partial charge on any atom is -0.506 e. The lowest BCUT2D eigenvalue weighted by Gasteiger charge is -2.28. The Morgan fingerprint density at radius 1 is 1.04 bits per heavy atom. The van der Waals surface area contributed by atoms with E-state index in [2.05, 4.69) is 0 Å². The SMILES string of the molecule is CN1C(=O)OC(c2cc(Cl)cc(Cl)c2)N1c1cc(Cl)ccc1O. The van der Waals surface area contributed by atoms with Crippen molar-refractivity contribution in [3.8, 4) is 5.75 Å². The van der Waals surface area contributed by atoms with Gasteiger partial charge < -0.3 is 9.84 Å². The summed E-state index contributed by atoms with van der Waals surface area (Å²) in [5, 5.41) is 14.1. The predicted molar refractivity (Wildman–Crippen MR) is 89.0 cm³/mol. The van der Waals surface area contributed by atoms with E-state index >= 15 is 0 Å². The molecule has 23 heavy (non-hydrogen) atoms. The molecule has 1 unspecified atom stereocenters. The lowest BCUT2D eigenvalue weighted by Crippen LogP contribution is -2.36. The summed E-state index contributed by atoms with van der Waals surface area (Å²) in [6, 6.07) is 9.38. The van der Waals surface area contributed by atoms with E-state index in [-0.39, 0.29) is 5.75 Å². The summed E-state index contributed by atoms with van der Waals surface area (Å²) in [7, 11) is 1.52. The third-order valence-corrected chi connectivity index (χ3v) is 4.05. The highest BCUT2D eigenvalue weighted by Crippen LogP contribution is 2.41. The van der Waals surface area contributed by atoms with Gasteiger partial charge in [0, 0.05) is 27.7 Å². The molecule has 5 nitrogen and oxygen atoms in total. The van der Waals surface area contributed by atoms with E-state index in [1.54, 1.807) is 24.3 Å². The van der Waals surface area contributed by atoms with Crippen LogP contribution in [0.2, 0.25) is 15.1 Å². The third-order valence-electron chi connectivity index (χ3n) is 3.38. The molecule has 1 saturated heterocycles. The molecule has 1 heterocycles. The van der Waals surface area contributed by atoms with Gasteiger partial charge in [-0.05, 0) is 36.4 Å². The molecular formula is C15H11Cl3N2O3. The van der Waals surface area contributed by atoms with Crippen molar-refractivity contribution in [2.24, 2.45) is 0 Å². The van der Waals surface area contributed by atoms with Crippen LogP contribution in [0.15, 0.2) is 36.4 Å². The topological polar surface area (TPSA) is 53.0 Å². The van der Waals surface area contributed by atoms with Crippen LogP contribution in [0, 0.1) is 0 Å². The molecule has 0 aliphatic carbocycles. The fraction of sp³-hybridized carbons (Fsp3) is 0.133. The molecule has 8 heteroatoms. The van der Waals surface area contributed by atoms with Gasteiger partial charge in [0.1, 0.15) is 11.4 Å². The summed E-state index contributed by atoms with van der Waals surface area (Å²) in [6.45, 7) is 0. The number of phenols is 1. The van der Waals surface area contributed by atoms with Crippen molar-refractivity contribution in [2.75, 3.05) is 12.1 Å². The normalized spacial score (nSPS) is 17.6. The number of halogens is 3. The molecule has 2 aromatic rings. The highest BCUT2D eigenvalue weighted by Gasteiger charge is 2.40. The lowest BCUT2D eigenvalue weighted by molar-refractivity contribution is 0.133. The average Bonchev–Trinajstić information content (AvgIpc) is 2.77. The fourth-order valence-electron chi connectivity index (χ4n) is 2.36. The van der Waals surface area contributed by atoms with Gasteiger partial charge in [0.05, 0.1) is 0 Å². The van der Waals surface area contributed by atoms with Crippen LogP contribution in [0.5, 0.6) is 5.75 Å². The number of phenolic OH excluding ortho intramolecular Hbond substituents is 1. The first-order valence-electron chi connectivity index (χ1n) is 6.55. The van der Waals surface area contributed by atoms with Gasteiger partial charge in [-0.15, -0.1) is 0 Å². The molecule has 1 aliphatic heterocycles. The van der Waals surface area contributed by atoms with Gasteiger partial charge in [-0.1, -0.05) is 34.8 Å². The van der Waals surface area contributed by atoms with Crippen LogP contribution in [0.1, 0.15) is 11.8 Å². The first-order chi connectivity index (χ1) is 10.9. The highest BCUT2D eigenvalue weighted by atomic mass is 35.5. The van der Waals surface area contributed by atoms with Gasteiger partial charge >= 0.3 is 6.09 Å². The van der Waals surface area contributed by atoms with E-state index in [0.717, 1.165) is 0 Å². The summed E-state index contributed by atoms with van der Waals surface area (Å²) in [6.07, 6.45) is -1.40. The van der Waals surface area contributed by atoms with E-state index in [0.29, 0.717) is 26.3 Å². The van der Waals surface area contributed by atoms with Crippen LogP contribution in [0.3, 0.4) is 0 Å². The average molecular weight is 374 g/mol. The van der Waals surface area contributed by atoms with Crippen molar-refractivity contribution in [1.29, 1.82) is 0 Å². The molecule has 0 aromatic heterocycles. The van der Waals surface area contributed by atoms with E-state index in [1.807, 2.05) is 0 Å². The lowest BCUT2D eigenvalue weighted by atomic mass is 10.1. The quantitative estimate of drug-likeness (QED) is 0.817. The zero-order chi connectivity index (χ0) is 16.7. The number of rotatable bonds is 2. The summed E-state index contributed by atoms with van der Waals surface area (Å²) in [5.74, 6) is -0.0438. The van der Waals surface area contributed by atoms with Crippen LogP contribution >= 0.6 is 34.8 Å². The minimum atomic E-state index is -0.826. The maximum Gasteiger partial charge on any atom is 0.430 e. The molecule has 1 atom stereocenters. The first kappa shape index (κ1) is 16.1. The number of benzene rings is 2. The second-order valence-electron chi connectivity index (χ2n) is 4.94. The van der Waals surface area contributed by atoms with Crippen molar-refractivity contribution in [2.45, 2.75) is 6.23 Å². The zero-order valence-electron chi connectivity index (χ0n) is 11.8. The molecule has 0 bridgehead atoms. The number of amides is 1. The first-order valence-corrected chi connectivity index (χ1v) is 7.68. The molecule has 0 spiro atoms. The highest BCUT2D eigenvalue weighted by molar-refractivity contribution is 6.34. The zero-order valence-corrected chi connectivity index (χ0v) is 14.1. The Bertz CT molecular complexity index is 764. The second-order valence-corrected chi connectivity index (χ2v) is 6.25. The van der Waals surface area contributed by atoms with Gasteiger partial charge in [0.15, 0.2) is 0 Å². The number of hydrazine groups is 1. The molecule has 1 amide bonds. The number of hydrogen-bond donors (Lipinski definition) is 1. The molecule has 3 rings (SSSR count). The molecule has 120 valence electrons. The van der Waals surface area contributed by atoms with Crippen molar-refractivity contribution < 1.29 is 14.6 Å². The van der Waals surface area contributed by atoms with Crippen LogP contribution in [-0.4, -0.2) is 23.3 Å². The number of ether oxygens (including phenoxy) is 1. The number of carbonyl (C=O) groups is 1. The van der Waals surface area contributed by atoms with Crippen molar-refractivity contribution in [3.63, 3.8) is 0 Å². The standard InChI is InChI=1S/C15H11Cl3N2O3/c1-19-15(22)23-14(8-4-10(17)6-11(18)5-8)20(19)12-7-9(16)2-3-13(12)21/h2-7,14,21H,1H3. The van der Waals surface area contributed by atoms with Crippen LogP contribution in [-0.2, 0) is 4.74 Å². The summed E-state index contributed by atoms with van der Waals surface area (Å²) in [5.41, 5.74) is 0.895. The summed E-state index contributed by atoms with van der Waals surface area (Å²) >= 11 is 18.0. The van der Waals surface area contributed by atoms with Gasteiger partial charge in [-0.2, -0.15) is 0 Å². The van der Waals surface area contributed by atoms with E-state index < -0.39 is 12.3 Å². The molecule has 1 aliphatic rings. The number of cyclic esters (lactones) is 1. The van der Waals surface area contributed by atoms with Crippen molar-refractivity contribution in [1.82, 2.24) is 5.01 Å². The van der Waals surface area contributed by atoms with Crippen molar-refractivity contribution >= 4 is 46.6 Å². The summed E-state index contributed by atoms with van der Waals surface area (Å²) in [4.78, 5) is 12.0. The second kappa shape index (κ2) is 6.00. The Morgan fingerprint density at radius 2 is 1.70 bits per heavy atom.